The second-order valence-electron chi connectivity index (χ2n) is 6.19. The van der Waals surface area contributed by atoms with Gasteiger partial charge in [0.05, 0.1) is 29.9 Å². The molecule has 1 N–H and O–H groups in total. The predicted octanol–water partition coefficient (Wildman–Crippen LogP) is 4.44. The Hall–Kier alpha value is -3.94. The summed E-state index contributed by atoms with van der Waals surface area (Å²) >= 11 is 0. The highest BCUT2D eigenvalue weighted by molar-refractivity contribution is 5.82. The van der Waals surface area contributed by atoms with E-state index in [-0.39, 0.29) is 17.7 Å². The minimum absolute atomic E-state index is 0.00273. The lowest BCUT2D eigenvalue weighted by Crippen LogP contribution is -2.11. The van der Waals surface area contributed by atoms with Crippen molar-refractivity contribution in [3.63, 3.8) is 0 Å². The summed E-state index contributed by atoms with van der Waals surface area (Å²) in [6.45, 7) is 0. The average molecular weight is 392 g/mol. The van der Waals surface area contributed by atoms with Crippen molar-refractivity contribution in [3.8, 4) is 23.4 Å². The van der Waals surface area contributed by atoms with Gasteiger partial charge in [-0.05, 0) is 42.5 Å². The minimum Gasteiger partial charge on any atom is -0.497 e. The number of halogens is 1. The van der Waals surface area contributed by atoms with Crippen molar-refractivity contribution in [1.29, 1.82) is 0 Å². The molecule has 0 fully saturated rings. The Balaban J connectivity index is 1.57. The highest BCUT2D eigenvalue weighted by atomic mass is 19.1. The molecule has 0 saturated carbocycles. The van der Waals surface area contributed by atoms with Gasteiger partial charge < -0.3 is 19.5 Å². The number of methoxy groups -OCH3 is 1. The van der Waals surface area contributed by atoms with Crippen molar-refractivity contribution in [2.75, 3.05) is 19.1 Å². The summed E-state index contributed by atoms with van der Waals surface area (Å²) in [5, 5.41) is 10.5. The standard InChI is InChI=1S/C21H17FN4O3/c1-26(19-11-15(28-2)7-8-17(19)22)13-3-5-14(6-4-13)29-21-24-18-12-23-10-9-16(18)20(27)25-21/h3-12H,1-2H3,(H,24,25,27). The second kappa shape index (κ2) is 7.59. The number of anilines is 2. The van der Waals surface area contributed by atoms with Crippen LogP contribution in [0.3, 0.4) is 0 Å². The van der Waals surface area contributed by atoms with Crippen molar-refractivity contribution in [1.82, 2.24) is 15.0 Å². The number of fused-ring (bicyclic) bond motifs is 1. The topological polar surface area (TPSA) is 80.6 Å². The molecule has 0 amide bonds. The zero-order chi connectivity index (χ0) is 20.4. The zero-order valence-corrected chi connectivity index (χ0v) is 15.7. The molecule has 0 saturated heterocycles. The fourth-order valence-corrected chi connectivity index (χ4v) is 2.85. The molecule has 146 valence electrons. The number of pyridine rings is 1. The fraction of sp³-hybridized carbons (Fsp3) is 0.0952. The van der Waals surface area contributed by atoms with Crippen molar-refractivity contribution >= 4 is 22.3 Å². The highest BCUT2D eigenvalue weighted by Crippen LogP contribution is 2.32. The molecule has 4 aromatic rings. The third-order valence-corrected chi connectivity index (χ3v) is 4.41. The van der Waals surface area contributed by atoms with Gasteiger partial charge in [-0.2, -0.15) is 9.97 Å². The van der Waals surface area contributed by atoms with Crippen LogP contribution in [0.25, 0.3) is 10.9 Å². The van der Waals surface area contributed by atoms with E-state index < -0.39 is 0 Å². The first-order chi connectivity index (χ1) is 14.0. The smallest absolute Gasteiger partial charge is 0.325 e. The lowest BCUT2D eigenvalue weighted by atomic mass is 10.2. The molecule has 0 aliphatic heterocycles. The molecule has 2 aromatic carbocycles. The molecular weight excluding hydrogens is 375 g/mol. The number of ether oxygens (including phenoxy) is 2. The molecule has 2 aromatic heterocycles. The lowest BCUT2D eigenvalue weighted by molar-refractivity contribution is 0.412. The normalized spacial score (nSPS) is 10.7. The Morgan fingerprint density at radius 3 is 2.52 bits per heavy atom. The van der Waals surface area contributed by atoms with Gasteiger partial charge in [0, 0.05) is 25.0 Å². The van der Waals surface area contributed by atoms with Crippen LogP contribution < -0.4 is 14.4 Å². The summed E-state index contributed by atoms with van der Waals surface area (Å²) in [6, 6.07) is 13.1. The SMILES string of the molecule is COc1ccc(F)c(N(C)c2ccc(Oc3nc(O)c4ccncc4n3)cc2)c1. The van der Waals surface area contributed by atoms with Gasteiger partial charge in [0.2, 0.25) is 5.88 Å². The molecule has 0 aliphatic carbocycles. The first-order valence-electron chi connectivity index (χ1n) is 8.71. The van der Waals surface area contributed by atoms with E-state index in [0.29, 0.717) is 28.1 Å². The van der Waals surface area contributed by atoms with Crippen LogP contribution in [0.15, 0.2) is 60.9 Å². The number of hydrogen-bond donors (Lipinski definition) is 1. The molecule has 29 heavy (non-hydrogen) atoms. The van der Waals surface area contributed by atoms with Crippen LogP contribution in [0.5, 0.6) is 23.4 Å². The molecule has 8 heteroatoms. The van der Waals surface area contributed by atoms with Crippen molar-refractivity contribution in [2.24, 2.45) is 0 Å². The molecule has 0 radical (unpaired) electrons. The fourth-order valence-electron chi connectivity index (χ4n) is 2.85. The van der Waals surface area contributed by atoms with Crippen LogP contribution in [-0.4, -0.2) is 34.2 Å². The van der Waals surface area contributed by atoms with Gasteiger partial charge in [-0.1, -0.05) is 0 Å². The van der Waals surface area contributed by atoms with E-state index in [0.717, 1.165) is 5.69 Å². The maximum Gasteiger partial charge on any atom is 0.325 e. The number of benzene rings is 2. The van der Waals surface area contributed by atoms with E-state index in [2.05, 4.69) is 15.0 Å². The Bertz CT molecular complexity index is 1170. The van der Waals surface area contributed by atoms with E-state index in [9.17, 15) is 9.50 Å². The monoisotopic (exact) mass is 392 g/mol. The summed E-state index contributed by atoms with van der Waals surface area (Å²) in [7, 11) is 3.29. The zero-order valence-electron chi connectivity index (χ0n) is 15.7. The molecule has 4 rings (SSSR count). The van der Waals surface area contributed by atoms with Gasteiger partial charge in [0.1, 0.15) is 17.3 Å². The summed E-state index contributed by atoms with van der Waals surface area (Å²) in [5.41, 5.74) is 1.60. The summed E-state index contributed by atoms with van der Waals surface area (Å²) in [4.78, 5) is 13.9. The summed E-state index contributed by atoms with van der Waals surface area (Å²) < 4.78 is 25.0. The lowest BCUT2D eigenvalue weighted by Gasteiger charge is -2.21. The Morgan fingerprint density at radius 1 is 1.00 bits per heavy atom. The Labute approximate surface area is 166 Å². The maximum atomic E-state index is 14.2. The summed E-state index contributed by atoms with van der Waals surface area (Å²) in [6.07, 6.45) is 3.07. The van der Waals surface area contributed by atoms with Crippen LogP contribution in [0.1, 0.15) is 0 Å². The minimum atomic E-state index is -0.359. The van der Waals surface area contributed by atoms with Crippen LogP contribution in [0, 0.1) is 5.82 Å². The molecule has 7 nitrogen and oxygen atoms in total. The molecule has 0 aliphatic rings. The second-order valence-corrected chi connectivity index (χ2v) is 6.19. The van der Waals surface area contributed by atoms with Gasteiger partial charge in [0.15, 0.2) is 0 Å². The molecular formula is C21H17FN4O3. The first kappa shape index (κ1) is 18.4. The largest absolute Gasteiger partial charge is 0.497 e. The number of aromatic nitrogens is 3. The van der Waals surface area contributed by atoms with Crippen LogP contribution in [-0.2, 0) is 0 Å². The van der Waals surface area contributed by atoms with Crippen molar-refractivity contribution in [2.45, 2.75) is 0 Å². The maximum absolute atomic E-state index is 14.2. The Kier molecular flexibility index (Phi) is 4.82. The van der Waals surface area contributed by atoms with E-state index in [4.69, 9.17) is 9.47 Å². The van der Waals surface area contributed by atoms with Crippen LogP contribution >= 0.6 is 0 Å². The van der Waals surface area contributed by atoms with Crippen molar-refractivity contribution < 1.29 is 19.0 Å². The van der Waals surface area contributed by atoms with E-state index >= 15 is 0 Å². The molecule has 0 bridgehead atoms. The highest BCUT2D eigenvalue weighted by Gasteiger charge is 2.12. The predicted molar refractivity (Wildman–Crippen MR) is 107 cm³/mol. The molecule has 0 unspecified atom stereocenters. The Morgan fingerprint density at radius 2 is 1.76 bits per heavy atom. The van der Waals surface area contributed by atoms with E-state index in [1.807, 2.05) is 0 Å². The van der Waals surface area contributed by atoms with Crippen LogP contribution in [0.2, 0.25) is 0 Å². The average Bonchev–Trinajstić information content (AvgIpc) is 2.74. The number of nitrogens with zero attached hydrogens (tertiary/aromatic N) is 4. The quantitative estimate of drug-likeness (QED) is 0.538. The van der Waals surface area contributed by atoms with Gasteiger partial charge in [-0.25, -0.2) is 4.39 Å². The van der Waals surface area contributed by atoms with Crippen LogP contribution in [0.4, 0.5) is 15.8 Å². The third-order valence-electron chi connectivity index (χ3n) is 4.41. The number of rotatable bonds is 5. The molecule has 0 spiro atoms. The van der Waals surface area contributed by atoms with Gasteiger partial charge in [0.25, 0.3) is 0 Å². The van der Waals surface area contributed by atoms with Crippen molar-refractivity contribution in [3.05, 3.63) is 66.7 Å². The molecule has 2 heterocycles. The van der Waals surface area contributed by atoms with E-state index in [1.165, 1.54) is 19.4 Å². The summed E-state index contributed by atoms with van der Waals surface area (Å²) in [5.74, 6) is 0.492. The van der Waals surface area contributed by atoms with Gasteiger partial charge in [-0.15, -0.1) is 0 Å². The molecule has 0 atom stereocenters. The number of aromatic hydroxyl groups is 1. The first-order valence-corrected chi connectivity index (χ1v) is 8.71. The van der Waals surface area contributed by atoms with E-state index in [1.54, 1.807) is 60.6 Å². The number of hydrogen-bond acceptors (Lipinski definition) is 7. The third kappa shape index (κ3) is 3.73. The van der Waals surface area contributed by atoms with Gasteiger partial charge >= 0.3 is 6.01 Å². The van der Waals surface area contributed by atoms with Gasteiger partial charge in [-0.3, -0.25) is 4.98 Å².